The first-order valence-electron chi connectivity index (χ1n) is 11.1. The number of piperazine rings is 1. The smallest absolute Gasteiger partial charge is 0.282 e. The van der Waals surface area contributed by atoms with Gasteiger partial charge in [0, 0.05) is 43.8 Å². The maximum Gasteiger partial charge on any atom is 0.282 e. The second kappa shape index (κ2) is 10.2. The fraction of sp³-hybridized carbons (Fsp3) is 0.269. The fourth-order valence-electron chi connectivity index (χ4n) is 4.16. The zero-order valence-corrected chi connectivity index (χ0v) is 19.6. The van der Waals surface area contributed by atoms with E-state index < -0.39 is 4.92 Å². The first-order chi connectivity index (χ1) is 16.5. The lowest BCUT2D eigenvalue weighted by Crippen LogP contribution is -2.46. The lowest BCUT2D eigenvalue weighted by atomic mass is 10.1. The van der Waals surface area contributed by atoms with E-state index in [2.05, 4.69) is 46.0 Å². The van der Waals surface area contributed by atoms with Crippen LogP contribution in [0.15, 0.2) is 65.7 Å². The highest BCUT2D eigenvalue weighted by atomic mass is 16.6. The Bertz CT molecular complexity index is 1190. The van der Waals surface area contributed by atoms with Gasteiger partial charge in [0.1, 0.15) is 0 Å². The second-order valence-electron chi connectivity index (χ2n) is 8.06. The summed E-state index contributed by atoms with van der Waals surface area (Å²) in [6.45, 7) is 5.96. The minimum atomic E-state index is -0.455. The van der Waals surface area contributed by atoms with Crippen LogP contribution in [0.3, 0.4) is 0 Å². The number of aliphatic imine (C=N–C) groups is 1. The van der Waals surface area contributed by atoms with Crippen LogP contribution in [0.2, 0.25) is 0 Å². The predicted molar refractivity (Wildman–Crippen MR) is 136 cm³/mol. The van der Waals surface area contributed by atoms with Gasteiger partial charge in [-0.3, -0.25) is 15.1 Å². The number of rotatable bonds is 7. The maximum atomic E-state index is 11.5. The van der Waals surface area contributed by atoms with Crippen molar-refractivity contribution in [2.45, 2.75) is 6.92 Å². The average molecular weight is 461 g/mol. The first kappa shape index (κ1) is 23.1. The van der Waals surface area contributed by atoms with Crippen molar-refractivity contribution < 1.29 is 14.4 Å². The van der Waals surface area contributed by atoms with Gasteiger partial charge in [-0.15, -0.1) is 0 Å². The molecule has 0 bridgehead atoms. The van der Waals surface area contributed by atoms with Gasteiger partial charge in [0.05, 0.1) is 36.5 Å². The van der Waals surface area contributed by atoms with Gasteiger partial charge in [-0.25, -0.2) is 0 Å². The summed E-state index contributed by atoms with van der Waals surface area (Å²) in [5.41, 5.74) is 4.71. The van der Waals surface area contributed by atoms with Crippen LogP contribution < -0.4 is 19.3 Å². The van der Waals surface area contributed by atoms with Crippen molar-refractivity contribution in [2.75, 3.05) is 50.2 Å². The van der Waals surface area contributed by atoms with Crippen molar-refractivity contribution in [2.24, 2.45) is 4.99 Å². The molecule has 0 N–H and O–H groups in total. The van der Waals surface area contributed by atoms with E-state index in [1.54, 1.807) is 6.07 Å². The SMILES string of the molecule is COc1cc(C=Nc2ccc(N3CCN(c4ccccc4C)CC3)cc2)c([N+](=O)[O-])cc1OC. The average Bonchev–Trinajstić information content (AvgIpc) is 2.87. The molecule has 0 spiro atoms. The zero-order chi connectivity index (χ0) is 24.1. The van der Waals surface area contributed by atoms with Crippen LogP contribution in [0.4, 0.5) is 22.7 Å². The molecule has 8 heteroatoms. The van der Waals surface area contributed by atoms with Crippen LogP contribution in [0.25, 0.3) is 0 Å². The fourth-order valence-corrected chi connectivity index (χ4v) is 4.16. The van der Waals surface area contributed by atoms with Gasteiger partial charge in [0.15, 0.2) is 11.5 Å². The van der Waals surface area contributed by atoms with Crippen LogP contribution in [0.5, 0.6) is 11.5 Å². The second-order valence-corrected chi connectivity index (χ2v) is 8.06. The number of aryl methyl sites for hydroxylation is 1. The Labute approximate surface area is 199 Å². The van der Waals surface area contributed by atoms with E-state index in [0.717, 1.165) is 31.9 Å². The summed E-state index contributed by atoms with van der Waals surface area (Å²) in [6.07, 6.45) is 1.48. The monoisotopic (exact) mass is 460 g/mol. The van der Waals surface area contributed by atoms with Crippen LogP contribution in [-0.4, -0.2) is 51.5 Å². The third-order valence-electron chi connectivity index (χ3n) is 6.03. The normalized spacial score (nSPS) is 13.9. The molecule has 1 aliphatic heterocycles. The molecule has 1 heterocycles. The lowest BCUT2D eigenvalue weighted by molar-refractivity contribution is -0.385. The molecule has 0 atom stereocenters. The molecule has 3 aromatic rings. The predicted octanol–water partition coefficient (Wildman–Crippen LogP) is 5.00. The van der Waals surface area contributed by atoms with Gasteiger partial charge >= 0.3 is 0 Å². The number of ether oxygens (including phenoxy) is 2. The molecular formula is C26H28N4O4. The van der Waals surface area contributed by atoms with Crippen molar-refractivity contribution in [3.05, 3.63) is 81.9 Å². The molecule has 1 aliphatic rings. The lowest BCUT2D eigenvalue weighted by Gasteiger charge is -2.38. The molecule has 0 saturated carbocycles. The van der Waals surface area contributed by atoms with Crippen LogP contribution in [0, 0.1) is 17.0 Å². The topological polar surface area (TPSA) is 80.4 Å². The van der Waals surface area contributed by atoms with Gasteiger partial charge in [0.25, 0.3) is 5.69 Å². The summed E-state index contributed by atoms with van der Waals surface area (Å²) >= 11 is 0. The molecule has 0 radical (unpaired) electrons. The van der Waals surface area contributed by atoms with Crippen molar-refractivity contribution >= 4 is 29.0 Å². The van der Waals surface area contributed by atoms with E-state index in [-0.39, 0.29) is 5.69 Å². The molecule has 0 amide bonds. The number of nitro benzene ring substituents is 1. The van der Waals surface area contributed by atoms with E-state index in [9.17, 15) is 10.1 Å². The molecule has 176 valence electrons. The Hall–Kier alpha value is -4.07. The van der Waals surface area contributed by atoms with E-state index in [1.165, 1.54) is 37.8 Å². The maximum absolute atomic E-state index is 11.5. The van der Waals surface area contributed by atoms with Gasteiger partial charge < -0.3 is 19.3 Å². The zero-order valence-electron chi connectivity index (χ0n) is 19.6. The Morgan fingerprint density at radius 1 is 0.912 bits per heavy atom. The molecule has 34 heavy (non-hydrogen) atoms. The van der Waals surface area contributed by atoms with E-state index in [1.807, 2.05) is 24.3 Å². The van der Waals surface area contributed by atoms with Crippen molar-refractivity contribution in [3.63, 3.8) is 0 Å². The number of hydrogen-bond donors (Lipinski definition) is 0. The minimum Gasteiger partial charge on any atom is -0.493 e. The Morgan fingerprint density at radius 3 is 2.15 bits per heavy atom. The number of methoxy groups -OCH3 is 2. The molecule has 3 aromatic carbocycles. The van der Waals surface area contributed by atoms with E-state index in [4.69, 9.17) is 9.47 Å². The first-order valence-corrected chi connectivity index (χ1v) is 11.1. The highest BCUT2D eigenvalue weighted by Gasteiger charge is 2.19. The number of nitrogens with zero attached hydrogens (tertiary/aromatic N) is 4. The van der Waals surface area contributed by atoms with E-state index >= 15 is 0 Å². The van der Waals surface area contributed by atoms with Crippen molar-refractivity contribution in [3.8, 4) is 11.5 Å². The largest absolute Gasteiger partial charge is 0.493 e. The quantitative estimate of drug-likeness (QED) is 0.281. The Balaban J connectivity index is 1.45. The number of hydrogen-bond acceptors (Lipinski definition) is 7. The van der Waals surface area contributed by atoms with Crippen LogP contribution in [-0.2, 0) is 0 Å². The molecule has 4 rings (SSSR count). The molecule has 0 unspecified atom stereocenters. The van der Waals surface area contributed by atoms with Gasteiger partial charge in [-0.1, -0.05) is 18.2 Å². The number of benzene rings is 3. The third kappa shape index (κ3) is 4.96. The summed E-state index contributed by atoms with van der Waals surface area (Å²) in [7, 11) is 2.93. The van der Waals surface area contributed by atoms with Gasteiger partial charge in [-0.05, 0) is 48.9 Å². The molecule has 1 fully saturated rings. The Kier molecular flexibility index (Phi) is 6.96. The third-order valence-corrected chi connectivity index (χ3v) is 6.03. The number of para-hydroxylation sites is 1. The van der Waals surface area contributed by atoms with Crippen molar-refractivity contribution in [1.29, 1.82) is 0 Å². The summed E-state index contributed by atoms with van der Waals surface area (Å²) < 4.78 is 10.4. The highest BCUT2D eigenvalue weighted by molar-refractivity contribution is 5.88. The molecule has 1 saturated heterocycles. The summed E-state index contributed by atoms with van der Waals surface area (Å²) in [5.74, 6) is 0.716. The van der Waals surface area contributed by atoms with Crippen molar-refractivity contribution in [1.82, 2.24) is 0 Å². The number of nitro groups is 1. The standard InChI is InChI=1S/C26H28N4O4/c1-19-6-4-5-7-23(19)29-14-12-28(13-15-29)22-10-8-21(9-11-22)27-18-20-16-25(33-2)26(34-3)17-24(20)30(31)32/h4-11,16-18H,12-15H2,1-3H3. The van der Waals surface area contributed by atoms with E-state index in [0.29, 0.717) is 22.7 Å². The highest BCUT2D eigenvalue weighted by Crippen LogP contribution is 2.34. The summed E-state index contributed by atoms with van der Waals surface area (Å²) in [4.78, 5) is 20.3. The molecule has 0 aliphatic carbocycles. The minimum absolute atomic E-state index is 0.0930. The van der Waals surface area contributed by atoms with Gasteiger partial charge in [-0.2, -0.15) is 0 Å². The van der Waals surface area contributed by atoms with Gasteiger partial charge in [0.2, 0.25) is 0 Å². The summed E-state index contributed by atoms with van der Waals surface area (Å²) in [6, 6.07) is 19.3. The molecule has 0 aromatic heterocycles. The Morgan fingerprint density at radius 2 is 1.53 bits per heavy atom. The van der Waals surface area contributed by atoms with Crippen LogP contribution >= 0.6 is 0 Å². The molecular weight excluding hydrogens is 432 g/mol. The summed E-state index contributed by atoms with van der Waals surface area (Å²) in [5, 5.41) is 11.5. The molecule has 8 nitrogen and oxygen atoms in total. The van der Waals surface area contributed by atoms with Crippen LogP contribution in [0.1, 0.15) is 11.1 Å². The number of anilines is 2.